The van der Waals surface area contributed by atoms with E-state index in [1.54, 1.807) is 0 Å². The Morgan fingerprint density at radius 3 is 2.83 bits per heavy atom. The number of ether oxygens (including phenoxy) is 1. The molecule has 0 radical (unpaired) electrons. The van der Waals surface area contributed by atoms with Gasteiger partial charge in [0, 0.05) is 6.54 Å². The molecule has 0 rings (SSSR count). The van der Waals surface area contributed by atoms with Crippen molar-refractivity contribution in [1.82, 2.24) is 5.32 Å². The Hall–Kier alpha value is -0.770. The third-order valence-electron chi connectivity index (χ3n) is 1.73. The highest BCUT2D eigenvalue weighted by molar-refractivity contribution is 5.66. The van der Waals surface area contributed by atoms with E-state index in [1.807, 2.05) is 0 Å². The Bertz CT molecular complexity index is 128. The van der Waals surface area contributed by atoms with Gasteiger partial charge in [-0.3, -0.25) is 0 Å². The zero-order valence-electron chi connectivity index (χ0n) is 7.80. The van der Waals surface area contributed by atoms with Crippen molar-refractivity contribution in [2.24, 2.45) is 11.7 Å². The number of carbonyl (C=O) groups excluding carboxylic acids is 1. The van der Waals surface area contributed by atoms with Gasteiger partial charge in [-0.15, -0.1) is 0 Å². The van der Waals surface area contributed by atoms with Gasteiger partial charge in [-0.05, 0) is 25.3 Å². The fourth-order valence-corrected chi connectivity index (χ4v) is 0.831. The molecule has 4 heteroatoms. The molecule has 0 aromatic rings. The standard InChI is InChI=1S/C8H18N2O2/c1-7(6-9)4-3-5-10-8(11)12-2/h7H,3-6,9H2,1-2H3,(H,10,11)/t7-/m0/s1. The molecule has 0 unspecified atom stereocenters. The van der Waals surface area contributed by atoms with Gasteiger partial charge in [0.05, 0.1) is 7.11 Å². The number of carbonyl (C=O) groups is 1. The van der Waals surface area contributed by atoms with Crippen molar-refractivity contribution in [2.75, 3.05) is 20.2 Å². The Morgan fingerprint density at radius 2 is 2.33 bits per heavy atom. The molecule has 0 aliphatic carbocycles. The smallest absolute Gasteiger partial charge is 0.406 e. The zero-order valence-corrected chi connectivity index (χ0v) is 7.80. The van der Waals surface area contributed by atoms with Crippen LogP contribution in [0, 0.1) is 5.92 Å². The fourth-order valence-electron chi connectivity index (χ4n) is 0.831. The monoisotopic (exact) mass is 174 g/mol. The van der Waals surface area contributed by atoms with Crippen molar-refractivity contribution < 1.29 is 9.53 Å². The maximum absolute atomic E-state index is 10.6. The minimum Gasteiger partial charge on any atom is -0.453 e. The molecule has 1 atom stereocenters. The van der Waals surface area contributed by atoms with Gasteiger partial charge in [-0.1, -0.05) is 6.92 Å². The van der Waals surface area contributed by atoms with Crippen LogP contribution in [0.1, 0.15) is 19.8 Å². The second-order valence-electron chi connectivity index (χ2n) is 2.90. The van der Waals surface area contributed by atoms with E-state index in [9.17, 15) is 4.79 Å². The SMILES string of the molecule is COC(=O)NCCC[C@H](C)CN. The van der Waals surface area contributed by atoms with E-state index in [0.29, 0.717) is 19.0 Å². The van der Waals surface area contributed by atoms with E-state index in [1.165, 1.54) is 7.11 Å². The number of methoxy groups -OCH3 is 1. The molecule has 0 aliphatic heterocycles. The van der Waals surface area contributed by atoms with Gasteiger partial charge in [0.25, 0.3) is 0 Å². The Labute approximate surface area is 73.5 Å². The van der Waals surface area contributed by atoms with Crippen LogP contribution < -0.4 is 11.1 Å². The molecule has 4 nitrogen and oxygen atoms in total. The zero-order chi connectivity index (χ0) is 9.40. The lowest BCUT2D eigenvalue weighted by molar-refractivity contribution is 0.170. The van der Waals surface area contributed by atoms with Gasteiger partial charge in [0.15, 0.2) is 0 Å². The molecule has 12 heavy (non-hydrogen) atoms. The topological polar surface area (TPSA) is 64.3 Å². The molecule has 0 heterocycles. The molecule has 1 amide bonds. The van der Waals surface area contributed by atoms with Gasteiger partial charge in [-0.25, -0.2) is 4.79 Å². The molecular weight excluding hydrogens is 156 g/mol. The molecule has 72 valence electrons. The summed E-state index contributed by atoms with van der Waals surface area (Å²) in [5, 5.41) is 2.61. The van der Waals surface area contributed by atoms with Crippen molar-refractivity contribution in [3.05, 3.63) is 0 Å². The largest absolute Gasteiger partial charge is 0.453 e. The van der Waals surface area contributed by atoms with E-state index in [2.05, 4.69) is 17.0 Å². The van der Waals surface area contributed by atoms with E-state index < -0.39 is 0 Å². The average molecular weight is 174 g/mol. The number of amides is 1. The van der Waals surface area contributed by atoms with E-state index in [0.717, 1.165) is 12.8 Å². The first kappa shape index (κ1) is 11.2. The number of alkyl carbamates (subject to hydrolysis) is 1. The molecule has 0 spiro atoms. The number of rotatable bonds is 5. The molecule has 0 fully saturated rings. The normalized spacial score (nSPS) is 12.2. The summed E-state index contributed by atoms with van der Waals surface area (Å²) in [6.07, 6.45) is 1.63. The predicted molar refractivity (Wildman–Crippen MR) is 47.9 cm³/mol. The maximum Gasteiger partial charge on any atom is 0.406 e. The minimum absolute atomic E-state index is 0.365. The highest BCUT2D eigenvalue weighted by Crippen LogP contribution is 2.01. The molecule has 0 saturated carbocycles. The molecule has 0 aliphatic rings. The lowest BCUT2D eigenvalue weighted by Gasteiger charge is -2.07. The number of hydrogen-bond donors (Lipinski definition) is 2. The summed E-state index contributed by atoms with van der Waals surface area (Å²) in [4.78, 5) is 10.6. The summed E-state index contributed by atoms with van der Waals surface area (Å²) in [6, 6.07) is 0. The molecule has 0 aromatic heterocycles. The fraction of sp³-hybridized carbons (Fsp3) is 0.875. The predicted octanol–water partition coefficient (Wildman–Crippen LogP) is 0.717. The Kier molecular flexibility index (Phi) is 6.47. The van der Waals surface area contributed by atoms with E-state index >= 15 is 0 Å². The Balaban J connectivity index is 3.15. The lowest BCUT2D eigenvalue weighted by atomic mass is 10.1. The van der Waals surface area contributed by atoms with Crippen LogP contribution in [0.15, 0.2) is 0 Å². The van der Waals surface area contributed by atoms with Crippen LogP contribution in [0.4, 0.5) is 4.79 Å². The van der Waals surface area contributed by atoms with Gasteiger partial charge in [0.1, 0.15) is 0 Å². The van der Waals surface area contributed by atoms with E-state index in [4.69, 9.17) is 5.73 Å². The summed E-state index contributed by atoms with van der Waals surface area (Å²) < 4.78 is 4.41. The highest BCUT2D eigenvalue weighted by atomic mass is 16.5. The third kappa shape index (κ3) is 5.97. The molecule has 3 N–H and O–H groups in total. The summed E-state index contributed by atoms with van der Waals surface area (Å²) in [5.41, 5.74) is 5.43. The summed E-state index contributed by atoms with van der Waals surface area (Å²) in [7, 11) is 1.36. The van der Waals surface area contributed by atoms with Gasteiger partial charge >= 0.3 is 6.09 Å². The van der Waals surface area contributed by atoms with Crippen molar-refractivity contribution in [3.63, 3.8) is 0 Å². The van der Waals surface area contributed by atoms with Crippen LogP contribution in [0.2, 0.25) is 0 Å². The van der Waals surface area contributed by atoms with Gasteiger partial charge in [0.2, 0.25) is 0 Å². The third-order valence-corrected chi connectivity index (χ3v) is 1.73. The lowest BCUT2D eigenvalue weighted by Crippen LogP contribution is -2.24. The highest BCUT2D eigenvalue weighted by Gasteiger charge is 2.00. The molecule has 0 aromatic carbocycles. The van der Waals surface area contributed by atoms with Crippen LogP contribution in [0.3, 0.4) is 0 Å². The minimum atomic E-state index is -0.365. The Morgan fingerprint density at radius 1 is 1.67 bits per heavy atom. The van der Waals surface area contributed by atoms with Crippen LogP contribution >= 0.6 is 0 Å². The quantitative estimate of drug-likeness (QED) is 0.603. The first-order valence-corrected chi connectivity index (χ1v) is 4.22. The molecule has 0 bridgehead atoms. The van der Waals surface area contributed by atoms with Crippen LogP contribution in [-0.2, 0) is 4.74 Å². The average Bonchev–Trinajstić information content (AvgIpc) is 2.11. The van der Waals surface area contributed by atoms with E-state index in [-0.39, 0.29) is 6.09 Å². The first-order chi connectivity index (χ1) is 5.70. The second kappa shape index (κ2) is 6.91. The second-order valence-corrected chi connectivity index (χ2v) is 2.90. The maximum atomic E-state index is 10.6. The van der Waals surface area contributed by atoms with Crippen LogP contribution in [-0.4, -0.2) is 26.3 Å². The number of nitrogens with one attached hydrogen (secondary N) is 1. The molecule has 0 saturated heterocycles. The first-order valence-electron chi connectivity index (χ1n) is 4.22. The van der Waals surface area contributed by atoms with Crippen molar-refractivity contribution >= 4 is 6.09 Å². The number of nitrogens with two attached hydrogens (primary N) is 1. The summed E-state index contributed by atoms with van der Waals surface area (Å²) in [6.45, 7) is 3.47. The van der Waals surface area contributed by atoms with Crippen LogP contribution in [0.5, 0.6) is 0 Å². The summed E-state index contributed by atoms with van der Waals surface area (Å²) in [5.74, 6) is 0.532. The van der Waals surface area contributed by atoms with Gasteiger partial charge < -0.3 is 15.8 Å². The van der Waals surface area contributed by atoms with Gasteiger partial charge in [-0.2, -0.15) is 0 Å². The van der Waals surface area contributed by atoms with Crippen molar-refractivity contribution in [1.29, 1.82) is 0 Å². The van der Waals surface area contributed by atoms with Crippen molar-refractivity contribution in [3.8, 4) is 0 Å². The van der Waals surface area contributed by atoms with Crippen molar-refractivity contribution in [2.45, 2.75) is 19.8 Å². The number of hydrogen-bond acceptors (Lipinski definition) is 3. The summed E-state index contributed by atoms with van der Waals surface area (Å²) >= 11 is 0. The van der Waals surface area contributed by atoms with Crippen LogP contribution in [0.25, 0.3) is 0 Å². The molecular formula is C8H18N2O2.